The van der Waals surface area contributed by atoms with Gasteiger partial charge in [-0.3, -0.25) is 10.1 Å². The van der Waals surface area contributed by atoms with E-state index >= 15 is 0 Å². The fourth-order valence-electron chi connectivity index (χ4n) is 3.60. The second-order valence-corrected chi connectivity index (χ2v) is 6.97. The molecule has 1 unspecified atom stereocenters. The maximum absolute atomic E-state index is 13.7. The minimum atomic E-state index is -0.507. The van der Waals surface area contributed by atoms with Crippen LogP contribution in [0, 0.1) is 15.9 Å². The van der Waals surface area contributed by atoms with Crippen LogP contribution in [0.1, 0.15) is 17.0 Å². The van der Waals surface area contributed by atoms with Crippen LogP contribution in [0.3, 0.4) is 0 Å². The van der Waals surface area contributed by atoms with Gasteiger partial charge >= 0.3 is 0 Å². The molecule has 4 rings (SSSR count). The van der Waals surface area contributed by atoms with E-state index in [2.05, 4.69) is 4.98 Å². The highest BCUT2D eigenvalue weighted by molar-refractivity contribution is 6.31. The first-order valence-corrected chi connectivity index (χ1v) is 9.15. The lowest BCUT2D eigenvalue weighted by atomic mass is 9.87. The van der Waals surface area contributed by atoms with E-state index < -0.39 is 11.7 Å². The Hall–Kier alpha value is -3.18. The highest BCUT2D eigenvalue weighted by Crippen LogP contribution is 2.39. The zero-order valence-corrected chi connectivity index (χ0v) is 15.5. The van der Waals surface area contributed by atoms with E-state index in [1.54, 1.807) is 12.1 Å². The van der Waals surface area contributed by atoms with Crippen molar-refractivity contribution in [2.24, 2.45) is 0 Å². The molecule has 1 heterocycles. The van der Waals surface area contributed by atoms with Gasteiger partial charge in [0, 0.05) is 15.8 Å². The third kappa shape index (κ3) is 3.37. The number of nitrogens with zero attached hydrogens (tertiary/aromatic N) is 1. The van der Waals surface area contributed by atoms with Crippen molar-refractivity contribution in [2.45, 2.75) is 5.92 Å². The van der Waals surface area contributed by atoms with Crippen molar-refractivity contribution in [3.8, 4) is 11.3 Å². The molecule has 0 aliphatic rings. The molecule has 4 aromatic rings. The third-order valence-electron chi connectivity index (χ3n) is 4.84. The van der Waals surface area contributed by atoms with Gasteiger partial charge in [0.2, 0.25) is 6.54 Å². The Morgan fingerprint density at radius 3 is 2.46 bits per heavy atom. The first-order chi connectivity index (χ1) is 13.5. The summed E-state index contributed by atoms with van der Waals surface area (Å²) in [4.78, 5) is 14.5. The molecule has 0 fully saturated rings. The molecule has 0 aliphatic carbocycles. The van der Waals surface area contributed by atoms with Gasteiger partial charge in [-0.2, -0.15) is 0 Å². The van der Waals surface area contributed by atoms with E-state index in [4.69, 9.17) is 11.6 Å². The summed E-state index contributed by atoms with van der Waals surface area (Å²) in [6, 6.07) is 21.5. The first kappa shape index (κ1) is 18.2. The van der Waals surface area contributed by atoms with E-state index in [9.17, 15) is 14.5 Å². The molecule has 1 N–H and O–H groups in total. The fraction of sp³-hybridized carbons (Fsp3) is 0.0909. The number of aromatic nitrogens is 1. The van der Waals surface area contributed by atoms with Crippen LogP contribution in [0.5, 0.6) is 0 Å². The molecule has 0 bridgehead atoms. The average Bonchev–Trinajstić information content (AvgIpc) is 3.08. The van der Waals surface area contributed by atoms with Crippen molar-refractivity contribution < 1.29 is 9.31 Å². The summed E-state index contributed by atoms with van der Waals surface area (Å²) in [7, 11) is 0. The van der Waals surface area contributed by atoms with Gasteiger partial charge in [0.05, 0.1) is 16.6 Å². The zero-order valence-electron chi connectivity index (χ0n) is 14.7. The van der Waals surface area contributed by atoms with Crippen molar-refractivity contribution >= 4 is 22.5 Å². The number of nitrogens with one attached hydrogen (secondary N) is 1. The largest absolute Gasteiger partial charge is 0.354 e. The number of aromatic amines is 1. The number of benzene rings is 3. The number of H-pyrrole nitrogens is 1. The van der Waals surface area contributed by atoms with Crippen LogP contribution in [0.15, 0.2) is 72.8 Å². The molecule has 3 aromatic carbocycles. The molecule has 0 radical (unpaired) electrons. The Bertz CT molecular complexity index is 1160. The molecular formula is C22H16ClFN2O2. The first-order valence-electron chi connectivity index (χ1n) is 8.77. The number of rotatable bonds is 5. The molecule has 0 spiro atoms. The van der Waals surface area contributed by atoms with Gasteiger partial charge in [0.15, 0.2) is 0 Å². The van der Waals surface area contributed by atoms with Gasteiger partial charge in [0.25, 0.3) is 0 Å². The minimum absolute atomic E-state index is 0.00708. The molecule has 0 amide bonds. The molecule has 4 nitrogen and oxygen atoms in total. The Labute approximate surface area is 165 Å². The lowest BCUT2D eigenvalue weighted by Gasteiger charge is -2.16. The molecular weight excluding hydrogens is 379 g/mol. The molecule has 140 valence electrons. The minimum Gasteiger partial charge on any atom is -0.354 e. The van der Waals surface area contributed by atoms with E-state index in [0.29, 0.717) is 11.3 Å². The molecule has 6 heteroatoms. The molecule has 1 aromatic heterocycles. The van der Waals surface area contributed by atoms with Crippen LogP contribution in [0.25, 0.3) is 22.2 Å². The van der Waals surface area contributed by atoms with Gasteiger partial charge in [-0.05, 0) is 41.0 Å². The van der Waals surface area contributed by atoms with Crippen molar-refractivity contribution in [2.75, 3.05) is 6.54 Å². The maximum atomic E-state index is 13.7. The van der Waals surface area contributed by atoms with E-state index in [-0.39, 0.29) is 16.5 Å². The summed E-state index contributed by atoms with van der Waals surface area (Å²) < 4.78 is 13.7. The lowest BCUT2D eigenvalue weighted by Crippen LogP contribution is -2.14. The Morgan fingerprint density at radius 1 is 1.04 bits per heavy atom. The quantitative estimate of drug-likeness (QED) is 0.331. The third-order valence-corrected chi connectivity index (χ3v) is 5.13. The smallest absolute Gasteiger partial charge is 0.214 e. The lowest BCUT2D eigenvalue weighted by molar-refractivity contribution is -0.481. The number of halogens is 2. The van der Waals surface area contributed by atoms with Gasteiger partial charge in [-0.25, -0.2) is 4.39 Å². The average molecular weight is 395 g/mol. The summed E-state index contributed by atoms with van der Waals surface area (Å²) in [5.74, 6) is -0.973. The zero-order chi connectivity index (χ0) is 19.7. The molecule has 0 aliphatic heterocycles. The van der Waals surface area contributed by atoms with E-state index in [0.717, 1.165) is 22.0 Å². The van der Waals surface area contributed by atoms with Crippen LogP contribution < -0.4 is 0 Å². The van der Waals surface area contributed by atoms with Crippen LogP contribution in [0.2, 0.25) is 5.02 Å². The molecule has 1 atom stereocenters. The van der Waals surface area contributed by atoms with Gasteiger partial charge in [-0.15, -0.1) is 0 Å². The summed E-state index contributed by atoms with van der Waals surface area (Å²) >= 11 is 6.00. The van der Waals surface area contributed by atoms with Gasteiger partial charge in [-0.1, -0.05) is 60.1 Å². The van der Waals surface area contributed by atoms with E-state index in [1.807, 2.05) is 54.6 Å². The highest BCUT2D eigenvalue weighted by atomic mass is 35.5. The summed E-state index contributed by atoms with van der Waals surface area (Å²) in [5.41, 5.74) is 3.90. The van der Waals surface area contributed by atoms with Crippen molar-refractivity contribution in [1.82, 2.24) is 4.98 Å². The summed E-state index contributed by atoms with van der Waals surface area (Å²) in [5, 5.41) is 12.4. The fourth-order valence-corrected chi connectivity index (χ4v) is 3.78. The van der Waals surface area contributed by atoms with Crippen molar-refractivity contribution in [3.63, 3.8) is 0 Å². The topological polar surface area (TPSA) is 58.9 Å². The Morgan fingerprint density at radius 2 is 1.75 bits per heavy atom. The van der Waals surface area contributed by atoms with E-state index in [1.165, 1.54) is 6.07 Å². The Balaban J connectivity index is 2.00. The van der Waals surface area contributed by atoms with Crippen LogP contribution in [-0.2, 0) is 0 Å². The SMILES string of the molecule is O=[N+]([O-])CC(c1ccccc1)c1c(-c2ccc(F)c(Cl)c2)[nH]c2ccccc12. The van der Waals surface area contributed by atoms with Crippen molar-refractivity contribution in [3.05, 3.63) is 105 Å². The van der Waals surface area contributed by atoms with Gasteiger partial charge < -0.3 is 4.98 Å². The van der Waals surface area contributed by atoms with Crippen LogP contribution in [0.4, 0.5) is 4.39 Å². The number of fused-ring (bicyclic) bond motifs is 1. The van der Waals surface area contributed by atoms with Crippen LogP contribution in [-0.4, -0.2) is 16.5 Å². The second kappa shape index (κ2) is 7.44. The number of hydrogen-bond donors (Lipinski definition) is 1. The monoisotopic (exact) mass is 394 g/mol. The normalized spacial score (nSPS) is 12.2. The second-order valence-electron chi connectivity index (χ2n) is 6.57. The van der Waals surface area contributed by atoms with Crippen molar-refractivity contribution in [1.29, 1.82) is 0 Å². The number of nitro groups is 1. The molecule has 0 saturated carbocycles. The van der Waals surface area contributed by atoms with Crippen LogP contribution >= 0.6 is 11.6 Å². The molecule has 28 heavy (non-hydrogen) atoms. The molecule has 0 saturated heterocycles. The summed E-state index contributed by atoms with van der Waals surface area (Å²) in [6.45, 7) is -0.256. The Kier molecular flexibility index (Phi) is 4.84. The number of hydrogen-bond acceptors (Lipinski definition) is 2. The predicted molar refractivity (Wildman–Crippen MR) is 109 cm³/mol. The highest BCUT2D eigenvalue weighted by Gasteiger charge is 2.27. The summed E-state index contributed by atoms with van der Waals surface area (Å²) in [6.07, 6.45) is 0. The van der Waals surface area contributed by atoms with Gasteiger partial charge in [0.1, 0.15) is 5.82 Å². The predicted octanol–water partition coefficient (Wildman–Crippen LogP) is 6.04. The number of para-hydroxylation sites is 1. The standard InChI is InChI=1S/C22H16ClFN2O2/c23-18-12-15(10-11-19(18)24)22-21(16-8-4-5-9-20(16)25-22)17(13-26(27)28)14-6-2-1-3-7-14/h1-12,17,25H,13H2. The maximum Gasteiger partial charge on any atom is 0.214 e.